The summed E-state index contributed by atoms with van der Waals surface area (Å²) in [5, 5.41) is 3.19. The van der Waals surface area contributed by atoms with Crippen LogP contribution in [0.3, 0.4) is 0 Å². The Balaban J connectivity index is 1.52. The number of nitrogens with zero attached hydrogens (tertiary/aromatic N) is 2. The Kier molecular flexibility index (Phi) is 4.72. The van der Waals surface area contributed by atoms with Gasteiger partial charge in [0.15, 0.2) is 5.13 Å². The van der Waals surface area contributed by atoms with Crippen LogP contribution in [0.15, 0.2) is 35.4 Å². The number of benzene rings is 1. The Labute approximate surface area is 160 Å². The van der Waals surface area contributed by atoms with E-state index in [0.29, 0.717) is 31.4 Å². The van der Waals surface area contributed by atoms with Crippen molar-refractivity contribution in [2.45, 2.75) is 11.8 Å². The molecular weight excluding hydrogens is 388 g/mol. The summed E-state index contributed by atoms with van der Waals surface area (Å²) in [4.78, 5) is 19.7. The third-order valence-corrected chi connectivity index (χ3v) is 7.08. The second kappa shape index (κ2) is 7.04. The van der Waals surface area contributed by atoms with Gasteiger partial charge in [-0.1, -0.05) is 17.4 Å². The lowest BCUT2D eigenvalue weighted by Gasteiger charge is -2.25. The van der Waals surface area contributed by atoms with E-state index in [-0.39, 0.29) is 10.6 Å². The van der Waals surface area contributed by atoms with E-state index >= 15 is 0 Å². The van der Waals surface area contributed by atoms with Gasteiger partial charge in [0, 0.05) is 19.3 Å². The zero-order chi connectivity index (χ0) is 19.0. The van der Waals surface area contributed by atoms with Gasteiger partial charge in [-0.05, 0) is 30.7 Å². The molecule has 0 unspecified atom stereocenters. The number of fused-ring (bicyclic) bond motifs is 1. The van der Waals surface area contributed by atoms with E-state index in [4.69, 9.17) is 4.74 Å². The number of aryl methyl sites for hydroxylation is 1. The third-order valence-electron chi connectivity index (χ3n) is 4.27. The van der Waals surface area contributed by atoms with E-state index in [1.807, 2.05) is 25.1 Å². The zero-order valence-corrected chi connectivity index (χ0v) is 16.2. The molecule has 0 saturated carbocycles. The van der Waals surface area contributed by atoms with Gasteiger partial charge in [0.1, 0.15) is 10.6 Å². The minimum Gasteiger partial charge on any atom is -0.379 e. The lowest BCUT2D eigenvalue weighted by atomic mass is 10.2. The third kappa shape index (κ3) is 3.61. The fraction of sp³-hybridized carbons (Fsp3) is 0.294. The van der Waals surface area contributed by atoms with Gasteiger partial charge in [-0.15, -0.1) is 0 Å². The number of hydrogen-bond donors (Lipinski definition) is 2. The molecule has 3 aromatic rings. The number of morpholine rings is 1. The number of carbonyl (C=O) groups excluding carboxylic acids is 1. The van der Waals surface area contributed by atoms with Crippen LogP contribution in [0.25, 0.3) is 10.2 Å². The van der Waals surface area contributed by atoms with Crippen molar-refractivity contribution in [2.75, 3.05) is 31.6 Å². The molecular formula is C17H18N4O4S2. The molecule has 3 heterocycles. The molecule has 8 nitrogen and oxygen atoms in total. The lowest BCUT2D eigenvalue weighted by Crippen LogP contribution is -2.40. The molecule has 0 radical (unpaired) electrons. The number of amides is 1. The predicted molar refractivity (Wildman–Crippen MR) is 103 cm³/mol. The van der Waals surface area contributed by atoms with Crippen LogP contribution in [0.4, 0.5) is 5.13 Å². The summed E-state index contributed by atoms with van der Waals surface area (Å²) in [5.41, 5.74) is 2.09. The maximum absolute atomic E-state index is 12.6. The number of anilines is 1. The summed E-state index contributed by atoms with van der Waals surface area (Å²) in [6.07, 6.45) is 1.33. The Morgan fingerprint density at radius 1 is 1.30 bits per heavy atom. The second-order valence-electron chi connectivity index (χ2n) is 6.21. The van der Waals surface area contributed by atoms with Crippen molar-refractivity contribution in [3.63, 3.8) is 0 Å². The number of ether oxygens (including phenoxy) is 1. The maximum atomic E-state index is 12.6. The molecule has 2 aromatic heterocycles. The van der Waals surface area contributed by atoms with Crippen molar-refractivity contribution in [1.82, 2.24) is 14.3 Å². The van der Waals surface area contributed by atoms with Crippen LogP contribution < -0.4 is 5.32 Å². The first-order valence-electron chi connectivity index (χ1n) is 8.38. The van der Waals surface area contributed by atoms with Gasteiger partial charge in [0.05, 0.1) is 23.4 Å². The van der Waals surface area contributed by atoms with Gasteiger partial charge in [-0.25, -0.2) is 13.4 Å². The summed E-state index contributed by atoms with van der Waals surface area (Å²) in [6, 6.07) is 7.21. The fourth-order valence-corrected chi connectivity index (χ4v) is 5.20. The van der Waals surface area contributed by atoms with Crippen molar-refractivity contribution in [1.29, 1.82) is 0 Å². The van der Waals surface area contributed by atoms with E-state index in [2.05, 4.69) is 15.3 Å². The van der Waals surface area contributed by atoms with Crippen LogP contribution in [-0.2, 0) is 14.8 Å². The predicted octanol–water partition coefficient (Wildman–Crippen LogP) is 2.21. The molecule has 0 bridgehead atoms. The average Bonchev–Trinajstić information content (AvgIpc) is 3.29. The number of rotatable bonds is 4. The highest BCUT2D eigenvalue weighted by atomic mass is 32.2. The van der Waals surface area contributed by atoms with Crippen molar-refractivity contribution in [3.8, 4) is 0 Å². The summed E-state index contributed by atoms with van der Waals surface area (Å²) in [5.74, 6) is -0.436. The van der Waals surface area contributed by atoms with Gasteiger partial charge >= 0.3 is 0 Å². The van der Waals surface area contributed by atoms with Gasteiger partial charge < -0.3 is 9.72 Å². The van der Waals surface area contributed by atoms with E-state index in [0.717, 1.165) is 15.8 Å². The Bertz CT molecular complexity index is 1100. The molecule has 1 aromatic carbocycles. The highest BCUT2D eigenvalue weighted by Crippen LogP contribution is 2.27. The number of thiazole rings is 1. The van der Waals surface area contributed by atoms with E-state index in [9.17, 15) is 13.2 Å². The highest BCUT2D eigenvalue weighted by Gasteiger charge is 2.28. The summed E-state index contributed by atoms with van der Waals surface area (Å²) >= 11 is 1.37. The topological polar surface area (TPSA) is 104 Å². The number of aromatic amines is 1. The van der Waals surface area contributed by atoms with Crippen molar-refractivity contribution >= 4 is 42.6 Å². The highest BCUT2D eigenvalue weighted by molar-refractivity contribution is 7.89. The first kappa shape index (κ1) is 18.1. The largest absolute Gasteiger partial charge is 0.379 e. The summed E-state index contributed by atoms with van der Waals surface area (Å²) in [7, 11) is -3.64. The molecule has 0 spiro atoms. The molecule has 0 atom stereocenters. The van der Waals surface area contributed by atoms with Gasteiger partial charge in [0.25, 0.3) is 5.91 Å². The minimum atomic E-state index is -3.64. The average molecular weight is 406 g/mol. The van der Waals surface area contributed by atoms with Crippen LogP contribution in [0, 0.1) is 6.92 Å². The van der Waals surface area contributed by atoms with Gasteiger partial charge in [-0.3, -0.25) is 10.1 Å². The van der Waals surface area contributed by atoms with Crippen LogP contribution in [0.5, 0.6) is 0 Å². The normalized spacial score (nSPS) is 15.9. The molecule has 1 aliphatic heterocycles. The van der Waals surface area contributed by atoms with Crippen molar-refractivity contribution in [3.05, 3.63) is 41.7 Å². The SMILES string of the molecule is Cc1ccc2nc(NC(=O)c3cc(S(=O)(=O)N4CCOCC4)c[nH]3)sc2c1. The molecule has 1 fully saturated rings. The quantitative estimate of drug-likeness (QED) is 0.691. The smallest absolute Gasteiger partial charge is 0.273 e. The number of hydrogen-bond acceptors (Lipinski definition) is 6. The van der Waals surface area contributed by atoms with Crippen LogP contribution in [-0.4, -0.2) is 54.9 Å². The standard InChI is InChI=1S/C17H18N4O4S2/c1-11-2-3-13-15(8-11)26-17(19-13)20-16(22)14-9-12(10-18-14)27(23,24)21-4-6-25-7-5-21/h2-3,8-10,18H,4-7H2,1H3,(H,19,20,22). The van der Waals surface area contributed by atoms with E-state index < -0.39 is 15.9 Å². The first-order valence-corrected chi connectivity index (χ1v) is 10.6. The molecule has 1 amide bonds. The zero-order valence-electron chi connectivity index (χ0n) is 14.6. The molecule has 1 saturated heterocycles. The summed E-state index contributed by atoms with van der Waals surface area (Å²) in [6.45, 7) is 3.34. The van der Waals surface area contributed by atoms with E-state index in [1.165, 1.54) is 27.9 Å². The Hall–Kier alpha value is -2.27. The number of H-pyrrole nitrogens is 1. The molecule has 142 valence electrons. The fourth-order valence-electron chi connectivity index (χ4n) is 2.84. The minimum absolute atomic E-state index is 0.0643. The maximum Gasteiger partial charge on any atom is 0.273 e. The van der Waals surface area contributed by atoms with Gasteiger partial charge in [-0.2, -0.15) is 4.31 Å². The molecule has 0 aliphatic carbocycles. The Morgan fingerprint density at radius 3 is 2.85 bits per heavy atom. The monoisotopic (exact) mass is 406 g/mol. The summed E-state index contributed by atoms with van der Waals surface area (Å²) < 4.78 is 32.8. The lowest BCUT2D eigenvalue weighted by molar-refractivity contribution is 0.0730. The van der Waals surface area contributed by atoms with Crippen molar-refractivity contribution in [2.24, 2.45) is 0 Å². The van der Waals surface area contributed by atoms with Crippen LogP contribution in [0.2, 0.25) is 0 Å². The first-order chi connectivity index (χ1) is 12.9. The molecule has 2 N–H and O–H groups in total. The van der Waals surface area contributed by atoms with Crippen LogP contribution >= 0.6 is 11.3 Å². The van der Waals surface area contributed by atoms with Crippen LogP contribution in [0.1, 0.15) is 16.1 Å². The van der Waals surface area contributed by atoms with Crippen molar-refractivity contribution < 1.29 is 17.9 Å². The molecule has 10 heteroatoms. The number of nitrogens with one attached hydrogen (secondary N) is 2. The second-order valence-corrected chi connectivity index (χ2v) is 9.18. The number of aromatic nitrogens is 2. The number of carbonyl (C=O) groups is 1. The van der Waals surface area contributed by atoms with E-state index in [1.54, 1.807) is 0 Å². The van der Waals surface area contributed by atoms with Gasteiger partial charge in [0.2, 0.25) is 10.0 Å². The number of sulfonamides is 1. The molecule has 27 heavy (non-hydrogen) atoms. The molecule has 4 rings (SSSR count). The molecule has 1 aliphatic rings. The Morgan fingerprint density at radius 2 is 2.07 bits per heavy atom.